The molecule has 0 N–H and O–H groups in total. The van der Waals surface area contributed by atoms with Gasteiger partial charge in [-0.05, 0) is 37.1 Å². The Morgan fingerprint density at radius 1 is 0.523 bits per heavy atom. The van der Waals surface area contributed by atoms with Crippen LogP contribution in [0.15, 0.2) is 49.7 Å². The van der Waals surface area contributed by atoms with Crippen molar-refractivity contribution < 1.29 is 9.47 Å². The van der Waals surface area contributed by atoms with Gasteiger partial charge in [0.05, 0.1) is 38.6 Å². The van der Waals surface area contributed by atoms with E-state index in [9.17, 15) is 0 Å². The first-order valence-electron chi connectivity index (χ1n) is 15.7. The molecule has 0 saturated heterocycles. The Kier molecular flexibility index (Phi) is 13.5. The van der Waals surface area contributed by atoms with E-state index in [-0.39, 0.29) is 0 Å². The second-order valence-electron chi connectivity index (χ2n) is 10.8. The molecule has 0 spiro atoms. The molecule has 10 heteroatoms. The average Bonchev–Trinajstić information content (AvgIpc) is 3.65. The second kappa shape index (κ2) is 17.5. The molecule has 4 aliphatic rings. The first-order chi connectivity index (χ1) is 21.7. The van der Waals surface area contributed by atoms with Crippen molar-refractivity contribution in [2.45, 2.75) is 65.2 Å². The van der Waals surface area contributed by atoms with E-state index >= 15 is 0 Å². The van der Waals surface area contributed by atoms with Crippen LogP contribution in [0.2, 0.25) is 0 Å². The summed E-state index contributed by atoms with van der Waals surface area (Å²) in [5.74, 6) is 6.84. The van der Waals surface area contributed by atoms with Crippen LogP contribution in [-0.2, 0) is 0 Å². The van der Waals surface area contributed by atoms with E-state index in [1.807, 2.05) is 94.1 Å². The zero-order valence-corrected chi connectivity index (χ0v) is 32.0. The summed E-state index contributed by atoms with van der Waals surface area (Å²) in [5.41, 5.74) is 2.34. The number of fused-ring (bicyclic) bond motifs is 1. The molecule has 0 unspecified atom stereocenters. The number of benzene rings is 2. The van der Waals surface area contributed by atoms with Crippen LogP contribution in [0, 0.1) is 0 Å². The van der Waals surface area contributed by atoms with Gasteiger partial charge >= 0.3 is 0 Å². The van der Waals surface area contributed by atoms with Crippen LogP contribution in [0.5, 0.6) is 11.5 Å². The van der Waals surface area contributed by atoms with Gasteiger partial charge in [0.15, 0.2) is 0 Å². The fourth-order valence-corrected chi connectivity index (χ4v) is 16.9. The zero-order chi connectivity index (χ0) is 30.1. The molecule has 2 aromatic rings. The first-order valence-corrected chi connectivity index (χ1v) is 22.9. The molecular weight excluding hydrogens is 697 g/mol. The van der Waals surface area contributed by atoms with Crippen molar-refractivity contribution in [1.29, 1.82) is 0 Å². The summed E-state index contributed by atoms with van der Waals surface area (Å²) in [6.07, 6.45) is 14.3. The fourth-order valence-electron chi connectivity index (χ4n) is 5.18. The molecule has 6 rings (SSSR count). The molecular formula is C34H40O2S8. The number of unbranched alkanes of at least 4 members (excludes halogenated alkanes) is 6. The first kappa shape index (κ1) is 33.9. The van der Waals surface area contributed by atoms with Crippen molar-refractivity contribution >= 4 is 117 Å². The lowest BCUT2D eigenvalue weighted by molar-refractivity contribution is 0.305. The second-order valence-corrected chi connectivity index (χ2v) is 20.9. The lowest BCUT2D eigenvalue weighted by atomic mass is 10.0. The maximum atomic E-state index is 6.70. The van der Waals surface area contributed by atoms with E-state index in [1.165, 1.54) is 98.1 Å². The van der Waals surface area contributed by atoms with Crippen molar-refractivity contribution in [3.05, 3.63) is 60.8 Å². The van der Waals surface area contributed by atoms with Crippen LogP contribution >= 0.6 is 94.1 Å². The molecule has 0 saturated carbocycles. The van der Waals surface area contributed by atoms with Crippen LogP contribution in [0.4, 0.5) is 0 Å². The van der Waals surface area contributed by atoms with E-state index in [4.69, 9.17) is 9.47 Å². The Morgan fingerprint density at radius 3 is 1.27 bits per heavy atom. The molecule has 0 atom stereocenters. The normalized spacial score (nSPS) is 18.2. The van der Waals surface area contributed by atoms with Crippen molar-refractivity contribution in [3.8, 4) is 11.5 Å². The average molecular weight is 737 g/mol. The van der Waals surface area contributed by atoms with E-state index < -0.39 is 0 Å². The molecule has 2 nitrogen and oxygen atoms in total. The minimum absolute atomic E-state index is 0.745. The summed E-state index contributed by atoms with van der Waals surface area (Å²) in [5, 5.41) is 2.32. The van der Waals surface area contributed by atoms with Gasteiger partial charge in [-0.15, -0.1) is 47.0 Å². The smallest absolute Gasteiger partial charge is 0.134 e. The van der Waals surface area contributed by atoms with E-state index in [0.717, 1.165) is 48.3 Å². The molecule has 0 bridgehead atoms. The number of hydrogen-bond donors (Lipinski definition) is 0. The van der Waals surface area contributed by atoms with Crippen molar-refractivity contribution in [2.24, 2.45) is 0 Å². The quantitative estimate of drug-likeness (QED) is 0.174. The molecule has 0 amide bonds. The van der Waals surface area contributed by atoms with Gasteiger partial charge in [0, 0.05) is 44.9 Å². The van der Waals surface area contributed by atoms with Crippen LogP contribution in [0.1, 0.15) is 76.3 Å². The lowest BCUT2D eigenvalue weighted by Gasteiger charge is -2.18. The summed E-state index contributed by atoms with van der Waals surface area (Å²) < 4.78 is 22.0. The Balaban J connectivity index is 1.34. The molecule has 0 fully saturated rings. The predicted molar refractivity (Wildman–Crippen MR) is 213 cm³/mol. The molecule has 0 radical (unpaired) electrons. The van der Waals surface area contributed by atoms with Crippen LogP contribution in [-0.4, -0.2) is 36.2 Å². The van der Waals surface area contributed by atoms with E-state index in [2.05, 4.69) is 50.3 Å². The largest absolute Gasteiger partial charge is 0.492 e. The van der Waals surface area contributed by atoms with Crippen molar-refractivity contribution in [3.63, 3.8) is 0 Å². The number of thioether (sulfide) groups is 8. The monoisotopic (exact) mass is 736 g/mol. The van der Waals surface area contributed by atoms with E-state index in [1.54, 1.807) is 0 Å². The molecule has 4 aliphatic heterocycles. The van der Waals surface area contributed by atoms with Gasteiger partial charge in [-0.1, -0.05) is 112 Å². The summed E-state index contributed by atoms with van der Waals surface area (Å²) in [7, 11) is 0. The highest BCUT2D eigenvalue weighted by Crippen LogP contribution is 2.61. The summed E-state index contributed by atoms with van der Waals surface area (Å²) in [6.45, 7) is 6.02. The molecule has 0 aromatic heterocycles. The molecule has 2 aromatic carbocycles. The Hall–Kier alpha value is 0.0600. The number of hydrogen-bond acceptors (Lipinski definition) is 10. The van der Waals surface area contributed by atoms with Crippen molar-refractivity contribution in [2.75, 3.05) is 36.2 Å². The SMILES string of the molecule is CCCCCCOc1c(C=C2SC3=C(SCCS3)S2)ccc2c(OCCCCCC)c(C=C3SC4=C(SCCS4)S3)ccc12. The maximum Gasteiger partial charge on any atom is 0.134 e. The molecule has 0 aliphatic carbocycles. The lowest BCUT2D eigenvalue weighted by Crippen LogP contribution is -2.03. The van der Waals surface area contributed by atoms with Gasteiger partial charge in [0.2, 0.25) is 0 Å². The van der Waals surface area contributed by atoms with Crippen LogP contribution < -0.4 is 9.47 Å². The third-order valence-corrected chi connectivity index (χ3v) is 18.7. The fraction of sp³-hybridized carbons (Fsp3) is 0.471. The van der Waals surface area contributed by atoms with Gasteiger partial charge < -0.3 is 9.47 Å². The summed E-state index contributed by atoms with van der Waals surface area (Å²) >= 11 is 15.8. The van der Waals surface area contributed by atoms with Crippen LogP contribution in [0.25, 0.3) is 22.9 Å². The Labute approximate surface area is 297 Å². The summed E-state index contributed by atoms with van der Waals surface area (Å²) in [6, 6.07) is 9.09. The van der Waals surface area contributed by atoms with E-state index in [0.29, 0.717) is 0 Å². The zero-order valence-electron chi connectivity index (χ0n) is 25.4. The third kappa shape index (κ3) is 8.74. The Morgan fingerprint density at radius 2 is 0.909 bits per heavy atom. The molecule has 44 heavy (non-hydrogen) atoms. The highest BCUT2D eigenvalue weighted by atomic mass is 32.3. The van der Waals surface area contributed by atoms with Gasteiger partial charge in [-0.3, -0.25) is 0 Å². The van der Waals surface area contributed by atoms with Gasteiger partial charge in [-0.25, -0.2) is 0 Å². The molecule has 236 valence electrons. The number of ether oxygens (including phenoxy) is 2. The van der Waals surface area contributed by atoms with Crippen LogP contribution in [0.3, 0.4) is 0 Å². The predicted octanol–water partition coefficient (Wildman–Crippen LogP) is 13.5. The summed E-state index contributed by atoms with van der Waals surface area (Å²) in [4.78, 5) is 0. The topological polar surface area (TPSA) is 18.5 Å². The highest BCUT2D eigenvalue weighted by molar-refractivity contribution is 8.42. The Bertz CT molecular complexity index is 1310. The van der Waals surface area contributed by atoms with Gasteiger partial charge in [0.25, 0.3) is 0 Å². The molecule has 4 heterocycles. The third-order valence-electron chi connectivity index (χ3n) is 7.40. The van der Waals surface area contributed by atoms with Crippen molar-refractivity contribution in [1.82, 2.24) is 0 Å². The minimum atomic E-state index is 0.745. The van der Waals surface area contributed by atoms with Gasteiger partial charge in [0.1, 0.15) is 11.5 Å². The van der Waals surface area contributed by atoms with Gasteiger partial charge in [-0.2, -0.15) is 0 Å². The maximum absolute atomic E-state index is 6.70. The minimum Gasteiger partial charge on any atom is -0.492 e. The number of rotatable bonds is 14. The highest BCUT2D eigenvalue weighted by Gasteiger charge is 2.27. The standard InChI is InChI=1S/C34H40O2S8/c1-3-5-7-9-15-35-29-23(21-27-41-31-32(42-27)38-18-17-37-31)11-14-26-25(29)13-12-24(30(26)36-16-10-8-6-4-2)22-28-43-33-34(44-28)40-20-19-39-33/h11-14,21-22H,3-10,15-20H2,1-2H3.